The minimum atomic E-state index is 0.200. The molecule has 18 heavy (non-hydrogen) atoms. The smallest absolute Gasteiger partial charge is 0.0603 e. The average Bonchev–Trinajstić information content (AvgIpc) is 2.54. The highest BCUT2D eigenvalue weighted by Gasteiger charge is 2.22. The minimum Gasteiger partial charge on any atom is -0.395 e. The van der Waals surface area contributed by atoms with Crippen LogP contribution >= 0.6 is 11.6 Å². The van der Waals surface area contributed by atoms with Crippen LogP contribution in [-0.2, 0) is 0 Å². The zero-order valence-electron chi connectivity index (χ0n) is 11.1. The number of halogens is 1. The van der Waals surface area contributed by atoms with Crippen molar-refractivity contribution in [1.82, 2.24) is 4.90 Å². The number of aryl methyl sites for hydroxylation is 1. The van der Waals surface area contributed by atoms with Crippen molar-refractivity contribution >= 4 is 17.3 Å². The molecular weight excluding hydrogens is 248 g/mol. The van der Waals surface area contributed by atoms with Gasteiger partial charge in [-0.2, -0.15) is 0 Å². The first-order chi connectivity index (χ1) is 8.61. The van der Waals surface area contributed by atoms with Crippen LogP contribution in [0.1, 0.15) is 12.0 Å². The fourth-order valence-electron chi connectivity index (χ4n) is 2.52. The number of likely N-dealkylation sites (N-methyl/N-ethyl adjacent to an activating group) is 1. The molecule has 1 fully saturated rings. The molecule has 0 saturated carbocycles. The summed E-state index contributed by atoms with van der Waals surface area (Å²) >= 11 is 6.09. The number of benzene rings is 1. The molecule has 1 unspecified atom stereocenters. The second-order valence-electron chi connectivity index (χ2n) is 5.05. The van der Waals surface area contributed by atoms with E-state index in [2.05, 4.69) is 29.8 Å². The van der Waals surface area contributed by atoms with Crippen LogP contribution in [-0.4, -0.2) is 49.3 Å². The molecule has 3 nitrogen and oxygen atoms in total. The van der Waals surface area contributed by atoms with Crippen LogP contribution in [0.2, 0.25) is 5.02 Å². The third-order valence-corrected chi connectivity index (χ3v) is 3.95. The van der Waals surface area contributed by atoms with E-state index in [0.29, 0.717) is 0 Å². The van der Waals surface area contributed by atoms with Crippen LogP contribution in [0.5, 0.6) is 0 Å². The van der Waals surface area contributed by atoms with E-state index in [1.54, 1.807) is 0 Å². The molecule has 2 rings (SSSR count). The van der Waals surface area contributed by atoms with Crippen molar-refractivity contribution in [1.29, 1.82) is 0 Å². The number of hydrogen-bond acceptors (Lipinski definition) is 3. The van der Waals surface area contributed by atoms with Gasteiger partial charge in [-0.3, -0.25) is 4.90 Å². The van der Waals surface area contributed by atoms with Gasteiger partial charge < -0.3 is 10.0 Å². The first-order valence-electron chi connectivity index (χ1n) is 6.44. The van der Waals surface area contributed by atoms with Crippen LogP contribution in [0.15, 0.2) is 18.2 Å². The number of aliphatic hydroxyl groups excluding tert-OH is 1. The fourth-order valence-corrected chi connectivity index (χ4v) is 2.68. The standard InChI is InChI=1S/C14H21ClN2O/c1-11-4-5-12(15)8-14(11)17-7-3-6-16(2)13(9-17)10-18/h4-5,8,13,18H,3,6-7,9-10H2,1-2H3. The monoisotopic (exact) mass is 268 g/mol. The summed E-state index contributed by atoms with van der Waals surface area (Å²) in [6.07, 6.45) is 1.11. The zero-order chi connectivity index (χ0) is 13.1. The molecule has 1 aliphatic rings. The molecule has 1 atom stereocenters. The molecule has 0 spiro atoms. The Kier molecular flexibility index (Phi) is 4.49. The van der Waals surface area contributed by atoms with E-state index < -0.39 is 0 Å². The van der Waals surface area contributed by atoms with Crippen molar-refractivity contribution in [2.24, 2.45) is 0 Å². The van der Waals surface area contributed by atoms with Gasteiger partial charge >= 0.3 is 0 Å². The maximum Gasteiger partial charge on any atom is 0.0603 e. The molecule has 100 valence electrons. The molecule has 0 amide bonds. The molecule has 1 aliphatic heterocycles. The lowest BCUT2D eigenvalue weighted by Crippen LogP contribution is -2.41. The maximum absolute atomic E-state index is 9.48. The Morgan fingerprint density at radius 1 is 1.39 bits per heavy atom. The Morgan fingerprint density at radius 2 is 2.17 bits per heavy atom. The molecule has 0 aromatic heterocycles. The van der Waals surface area contributed by atoms with Crippen LogP contribution in [0.3, 0.4) is 0 Å². The van der Waals surface area contributed by atoms with Gasteiger partial charge in [0.2, 0.25) is 0 Å². The zero-order valence-corrected chi connectivity index (χ0v) is 11.8. The number of anilines is 1. The van der Waals surface area contributed by atoms with E-state index in [4.69, 9.17) is 11.6 Å². The number of hydrogen-bond donors (Lipinski definition) is 1. The van der Waals surface area contributed by atoms with E-state index in [-0.39, 0.29) is 12.6 Å². The molecule has 1 saturated heterocycles. The van der Waals surface area contributed by atoms with Crippen LogP contribution in [0, 0.1) is 6.92 Å². The van der Waals surface area contributed by atoms with E-state index >= 15 is 0 Å². The van der Waals surface area contributed by atoms with Crippen molar-refractivity contribution < 1.29 is 5.11 Å². The van der Waals surface area contributed by atoms with Crippen LogP contribution in [0.4, 0.5) is 5.69 Å². The predicted octanol–water partition coefficient (Wildman–Crippen LogP) is 2.15. The summed E-state index contributed by atoms with van der Waals surface area (Å²) in [5.41, 5.74) is 2.43. The first kappa shape index (κ1) is 13.7. The average molecular weight is 269 g/mol. The van der Waals surface area contributed by atoms with Crippen LogP contribution in [0.25, 0.3) is 0 Å². The number of nitrogens with zero attached hydrogens (tertiary/aromatic N) is 2. The fraction of sp³-hybridized carbons (Fsp3) is 0.571. The summed E-state index contributed by atoms with van der Waals surface area (Å²) in [7, 11) is 2.08. The Balaban J connectivity index is 2.23. The highest BCUT2D eigenvalue weighted by molar-refractivity contribution is 6.30. The lowest BCUT2D eigenvalue weighted by atomic mass is 10.1. The Bertz CT molecular complexity index is 411. The third kappa shape index (κ3) is 2.97. The lowest BCUT2D eigenvalue weighted by Gasteiger charge is -2.29. The van der Waals surface area contributed by atoms with Gasteiger partial charge in [0.15, 0.2) is 0 Å². The molecule has 0 aliphatic carbocycles. The van der Waals surface area contributed by atoms with Gasteiger partial charge in [0, 0.05) is 29.8 Å². The van der Waals surface area contributed by atoms with E-state index in [0.717, 1.165) is 31.1 Å². The van der Waals surface area contributed by atoms with Crippen molar-refractivity contribution in [3.8, 4) is 0 Å². The highest BCUT2D eigenvalue weighted by atomic mass is 35.5. The molecule has 4 heteroatoms. The molecule has 0 radical (unpaired) electrons. The van der Waals surface area contributed by atoms with Crippen molar-refractivity contribution in [2.45, 2.75) is 19.4 Å². The molecule has 1 N–H and O–H groups in total. The van der Waals surface area contributed by atoms with Gasteiger partial charge in [-0.1, -0.05) is 17.7 Å². The Morgan fingerprint density at radius 3 is 2.89 bits per heavy atom. The van der Waals surface area contributed by atoms with Gasteiger partial charge in [0.05, 0.1) is 6.61 Å². The summed E-state index contributed by atoms with van der Waals surface area (Å²) in [5.74, 6) is 0. The summed E-state index contributed by atoms with van der Waals surface area (Å²) in [4.78, 5) is 4.57. The molecule has 1 aromatic carbocycles. The normalized spacial score (nSPS) is 22.0. The number of rotatable bonds is 2. The number of aliphatic hydroxyl groups is 1. The Labute approximate surface area is 114 Å². The molecule has 1 heterocycles. The van der Waals surface area contributed by atoms with Gasteiger partial charge in [0.1, 0.15) is 0 Å². The van der Waals surface area contributed by atoms with Crippen molar-refractivity contribution in [3.05, 3.63) is 28.8 Å². The van der Waals surface area contributed by atoms with Crippen LogP contribution < -0.4 is 4.90 Å². The molecular formula is C14H21ClN2O. The maximum atomic E-state index is 9.48. The van der Waals surface area contributed by atoms with E-state index in [9.17, 15) is 5.11 Å². The first-order valence-corrected chi connectivity index (χ1v) is 6.82. The summed E-state index contributed by atoms with van der Waals surface area (Å²) in [6, 6.07) is 6.20. The van der Waals surface area contributed by atoms with Gasteiger partial charge in [0.25, 0.3) is 0 Å². The predicted molar refractivity (Wildman–Crippen MR) is 76.5 cm³/mol. The summed E-state index contributed by atoms with van der Waals surface area (Å²) in [5, 5.41) is 10.3. The van der Waals surface area contributed by atoms with Gasteiger partial charge in [-0.15, -0.1) is 0 Å². The summed E-state index contributed by atoms with van der Waals surface area (Å²) in [6.45, 7) is 5.21. The SMILES string of the molecule is Cc1ccc(Cl)cc1N1CCCN(C)C(CO)C1. The van der Waals surface area contributed by atoms with E-state index in [1.165, 1.54) is 11.3 Å². The topological polar surface area (TPSA) is 26.7 Å². The third-order valence-electron chi connectivity index (χ3n) is 3.72. The van der Waals surface area contributed by atoms with Crippen molar-refractivity contribution in [3.63, 3.8) is 0 Å². The second kappa shape index (κ2) is 5.91. The quantitative estimate of drug-likeness (QED) is 0.890. The second-order valence-corrected chi connectivity index (χ2v) is 5.48. The van der Waals surface area contributed by atoms with Crippen molar-refractivity contribution in [2.75, 3.05) is 38.2 Å². The highest BCUT2D eigenvalue weighted by Crippen LogP contribution is 2.26. The van der Waals surface area contributed by atoms with E-state index in [1.807, 2.05) is 12.1 Å². The van der Waals surface area contributed by atoms with Gasteiger partial charge in [-0.25, -0.2) is 0 Å². The Hall–Kier alpha value is -0.770. The molecule has 1 aromatic rings. The lowest BCUT2D eigenvalue weighted by molar-refractivity contribution is 0.159. The molecule has 0 bridgehead atoms. The largest absolute Gasteiger partial charge is 0.395 e. The summed E-state index contributed by atoms with van der Waals surface area (Å²) < 4.78 is 0. The van der Waals surface area contributed by atoms with Gasteiger partial charge in [-0.05, 0) is 44.6 Å². The minimum absolute atomic E-state index is 0.200.